The monoisotopic (exact) mass is 315 g/mol. The molecule has 1 aliphatic rings. The lowest BCUT2D eigenvalue weighted by Crippen LogP contribution is -2.46. The van der Waals surface area contributed by atoms with Gasteiger partial charge in [0.05, 0.1) is 22.3 Å². The van der Waals surface area contributed by atoms with Crippen LogP contribution in [0.15, 0.2) is 59.9 Å². The van der Waals surface area contributed by atoms with Gasteiger partial charge in [0.25, 0.3) is 0 Å². The maximum absolute atomic E-state index is 5.15. The molecule has 0 fully saturated rings. The highest BCUT2D eigenvalue weighted by Gasteiger charge is 2.43. The third kappa shape index (κ3) is 2.08. The summed E-state index contributed by atoms with van der Waals surface area (Å²) in [7, 11) is 0. The van der Waals surface area contributed by atoms with Gasteiger partial charge in [-0.05, 0) is 31.5 Å². The number of hydrogen-bond acceptors (Lipinski definition) is 3. The number of aliphatic imine (C=N–C) groups is 1. The van der Waals surface area contributed by atoms with E-state index in [1.54, 1.807) is 12.4 Å². The molecule has 0 amide bonds. The van der Waals surface area contributed by atoms with Crippen LogP contribution >= 0.6 is 0 Å². The highest BCUT2D eigenvalue weighted by atomic mass is 14.9. The molecule has 1 aliphatic heterocycles. The molecule has 0 radical (unpaired) electrons. The Kier molecular flexibility index (Phi) is 3.11. The van der Waals surface area contributed by atoms with Crippen LogP contribution in [-0.4, -0.2) is 21.2 Å². The number of nitrogens with zero attached hydrogens (tertiary/aromatic N) is 3. The number of hydrogen-bond donors (Lipinski definition) is 0. The molecule has 0 saturated carbocycles. The Morgan fingerprint density at radius 3 is 2.29 bits per heavy atom. The molecule has 24 heavy (non-hydrogen) atoms. The van der Waals surface area contributed by atoms with Crippen molar-refractivity contribution in [1.29, 1.82) is 0 Å². The molecule has 2 heterocycles. The van der Waals surface area contributed by atoms with Gasteiger partial charge in [0.2, 0.25) is 0 Å². The van der Waals surface area contributed by atoms with Gasteiger partial charge in [-0.1, -0.05) is 44.2 Å². The molecule has 0 bridgehead atoms. The zero-order chi connectivity index (χ0) is 16.9. The van der Waals surface area contributed by atoms with Gasteiger partial charge in [-0.25, -0.2) is 0 Å². The molecule has 0 saturated heterocycles. The SMILES string of the molecule is CC1(C)N=C(c2ccc3nccnc3c2)c2ccccc2C1(C)C. The number of aromatic nitrogens is 2. The molecular weight excluding hydrogens is 294 g/mol. The zero-order valence-corrected chi connectivity index (χ0v) is 14.5. The van der Waals surface area contributed by atoms with Gasteiger partial charge in [0, 0.05) is 28.9 Å². The molecule has 120 valence electrons. The summed E-state index contributed by atoms with van der Waals surface area (Å²) in [6.07, 6.45) is 3.46. The predicted molar refractivity (Wildman–Crippen MR) is 98.7 cm³/mol. The molecule has 4 rings (SSSR count). The van der Waals surface area contributed by atoms with Crippen molar-refractivity contribution in [3.63, 3.8) is 0 Å². The van der Waals surface area contributed by atoms with Crippen molar-refractivity contribution < 1.29 is 0 Å². The van der Waals surface area contributed by atoms with Crippen molar-refractivity contribution in [2.24, 2.45) is 4.99 Å². The largest absolute Gasteiger partial charge is 0.277 e. The fraction of sp³-hybridized carbons (Fsp3) is 0.286. The zero-order valence-electron chi connectivity index (χ0n) is 14.5. The maximum atomic E-state index is 5.15. The molecule has 0 N–H and O–H groups in total. The topological polar surface area (TPSA) is 38.1 Å². The van der Waals surface area contributed by atoms with E-state index in [9.17, 15) is 0 Å². The second-order valence-electron chi connectivity index (χ2n) is 7.45. The Balaban J connectivity index is 1.98. The summed E-state index contributed by atoms with van der Waals surface area (Å²) in [6, 6.07) is 14.8. The molecule has 3 heteroatoms. The Bertz CT molecular complexity index is 967. The lowest BCUT2D eigenvalue weighted by atomic mass is 9.66. The van der Waals surface area contributed by atoms with Crippen LogP contribution in [-0.2, 0) is 5.41 Å². The van der Waals surface area contributed by atoms with Crippen LogP contribution in [0.2, 0.25) is 0 Å². The molecule has 0 unspecified atom stereocenters. The average Bonchev–Trinajstić information content (AvgIpc) is 2.58. The minimum atomic E-state index is -0.186. The highest BCUT2D eigenvalue weighted by molar-refractivity contribution is 6.15. The molecule has 2 aromatic carbocycles. The van der Waals surface area contributed by atoms with Gasteiger partial charge in [-0.2, -0.15) is 0 Å². The van der Waals surface area contributed by atoms with E-state index in [0.717, 1.165) is 22.3 Å². The first kappa shape index (κ1) is 15.0. The standard InChI is InChI=1S/C21H21N3/c1-20(2)16-8-6-5-7-15(16)19(24-21(20,3)4)14-9-10-17-18(13-14)23-12-11-22-17/h5-13H,1-4H3. The number of fused-ring (bicyclic) bond motifs is 2. The van der Waals surface area contributed by atoms with Crippen LogP contribution in [0, 0.1) is 0 Å². The Morgan fingerprint density at radius 2 is 1.50 bits per heavy atom. The first-order chi connectivity index (χ1) is 11.4. The van der Waals surface area contributed by atoms with Gasteiger partial charge >= 0.3 is 0 Å². The minimum absolute atomic E-state index is 0.0241. The quantitative estimate of drug-likeness (QED) is 0.661. The molecule has 0 atom stereocenters. The fourth-order valence-electron chi connectivity index (χ4n) is 3.37. The van der Waals surface area contributed by atoms with E-state index in [1.165, 1.54) is 11.1 Å². The van der Waals surface area contributed by atoms with Gasteiger partial charge in [-0.15, -0.1) is 0 Å². The number of benzene rings is 2. The van der Waals surface area contributed by atoms with Crippen LogP contribution in [0.3, 0.4) is 0 Å². The average molecular weight is 315 g/mol. The molecule has 0 aliphatic carbocycles. The summed E-state index contributed by atoms with van der Waals surface area (Å²) >= 11 is 0. The van der Waals surface area contributed by atoms with E-state index in [4.69, 9.17) is 4.99 Å². The van der Waals surface area contributed by atoms with Crippen molar-refractivity contribution in [1.82, 2.24) is 9.97 Å². The smallest absolute Gasteiger partial charge is 0.0893 e. The fourth-order valence-corrected chi connectivity index (χ4v) is 3.37. The van der Waals surface area contributed by atoms with Gasteiger partial charge in [-0.3, -0.25) is 15.0 Å². The molecule has 0 spiro atoms. The van der Waals surface area contributed by atoms with Crippen molar-refractivity contribution in [3.05, 3.63) is 71.5 Å². The Hall–Kier alpha value is -2.55. The molecular formula is C21H21N3. The van der Waals surface area contributed by atoms with E-state index in [-0.39, 0.29) is 11.0 Å². The van der Waals surface area contributed by atoms with E-state index >= 15 is 0 Å². The summed E-state index contributed by atoms with van der Waals surface area (Å²) in [6.45, 7) is 8.98. The third-order valence-corrected chi connectivity index (χ3v) is 5.52. The lowest BCUT2D eigenvalue weighted by Gasteiger charge is -2.44. The summed E-state index contributed by atoms with van der Waals surface area (Å²) < 4.78 is 0. The first-order valence-corrected chi connectivity index (χ1v) is 8.31. The van der Waals surface area contributed by atoms with Crippen LogP contribution in [0.1, 0.15) is 44.4 Å². The van der Waals surface area contributed by atoms with E-state index in [2.05, 4.69) is 74.1 Å². The summed E-state index contributed by atoms with van der Waals surface area (Å²) in [5.74, 6) is 0. The van der Waals surface area contributed by atoms with Crippen LogP contribution < -0.4 is 0 Å². The van der Waals surface area contributed by atoms with Gasteiger partial charge in [0.15, 0.2) is 0 Å². The van der Waals surface area contributed by atoms with Gasteiger partial charge in [0.1, 0.15) is 0 Å². The second-order valence-corrected chi connectivity index (χ2v) is 7.45. The third-order valence-electron chi connectivity index (χ3n) is 5.52. The van der Waals surface area contributed by atoms with E-state index in [0.29, 0.717) is 0 Å². The molecule has 3 nitrogen and oxygen atoms in total. The van der Waals surface area contributed by atoms with Crippen LogP contribution in [0.4, 0.5) is 0 Å². The van der Waals surface area contributed by atoms with Crippen molar-refractivity contribution >= 4 is 16.7 Å². The maximum Gasteiger partial charge on any atom is 0.0893 e. The second kappa shape index (κ2) is 4.97. The normalized spacial score (nSPS) is 18.1. The van der Waals surface area contributed by atoms with Gasteiger partial charge < -0.3 is 0 Å². The number of rotatable bonds is 1. The van der Waals surface area contributed by atoms with Crippen molar-refractivity contribution in [2.45, 2.75) is 38.6 Å². The van der Waals surface area contributed by atoms with Crippen molar-refractivity contribution in [2.75, 3.05) is 0 Å². The molecule has 3 aromatic rings. The summed E-state index contributed by atoms with van der Waals surface area (Å²) in [5.41, 5.74) is 6.30. The molecule has 1 aromatic heterocycles. The summed E-state index contributed by atoms with van der Waals surface area (Å²) in [5, 5.41) is 0. The minimum Gasteiger partial charge on any atom is -0.277 e. The Morgan fingerprint density at radius 1 is 0.792 bits per heavy atom. The van der Waals surface area contributed by atoms with E-state index in [1.807, 2.05) is 6.07 Å². The highest BCUT2D eigenvalue weighted by Crippen LogP contribution is 2.43. The van der Waals surface area contributed by atoms with Crippen LogP contribution in [0.25, 0.3) is 11.0 Å². The lowest BCUT2D eigenvalue weighted by molar-refractivity contribution is 0.303. The predicted octanol–water partition coefficient (Wildman–Crippen LogP) is 4.54. The first-order valence-electron chi connectivity index (χ1n) is 8.31. The van der Waals surface area contributed by atoms with Crippen molar-refractivity contribution in [3.8, 4) is 0 Å². The van der Waals surface area contributed by atoms with Crippen LogP contribution in [0.5, 0.6) is 0 Å². The summed E-state index contributed by atoms with van der Waals surface area (Å²) in [4.78, 5) is 14.0. The Labute approximate surface area is 142 Å². The van der Waals surface area contributed by atoms with E-state index < -0.39 is 0 Å².